The van der Waals surface area contributed by atoms with E-state index in [9.17, 15) is 0 Å². The van der Waals surface area contributed by atoms with Crippen LogP contribution >= 0.6 is 0 Å². The summed E-state index contributed by atoms with van der Waals surface area (Å²) >= 11 is 0. The molecular formula is C25H43N5. The van der Waals surface area contributed by atoms with Crippen LogP contribution in [0.4, 0.5) is 0 Å². The van der Waals surface area contributed by atoms with Gasteiger partial charge in [0.25, 0.3) is 0 Å². The molecule has 1 atom stereocenters. The van der Waals surface area contributed by atoms with Gasteiger partial charge in [-0.15, -0.1) is 0 Å². The number of nitrogens with one attached hydrogen (secondary N) is 1. The molecule has 1 rings (SSSR count). The zero-order chi connectivity index (χ0) is 22.9. The average molecular weight is 414 g/mol. The van der Waals surface area contributed by atoms with Crippen molar-refractivity contribution >= 4 is 11.9 Å². The van der Waals surface area contributed by atoms with Gasteiger partial charge >= 0.3 is 0 Å². The van der Waals surface area contributed by atoms with Gasteiger partial charge in [0.1, 0.15) is 5.82 Å². The fraction of sp³-hybridized carbons (Fsp3) is 0.520. The van der Waals surface area contributed by atoms with E-state index in [0.717, 1.165) is 48.3 Å². The second-order valence-electron chi connectivity index (χ2n) is 7.21. The summed E-state index contributed by atoms with van der Waals surface area (Å²) in [4.78, 5) is 8.80. The second-order valence-corrected chi connectivity index (χ2v) is 7.21. The Labute approximate surface area is 184 Å². The Balaban J connectivity index is 0.00000407. The highest BCUT2D eigenvalue weighted by molar-refractivity contribution is 5.80. The van der Waals surface area contributed by atoms with Crippen molar-refractivity contribution in [2.75, 3.05) is 0 Å². The molecule has 0 aliphatic heterocycles. The van der Waals surface area contributed by atoms with Crippen LogP contribution in [0.2, 0.25) is 0 Å². The van der Waals surface area contributed by atoms with Crippen molar-refractivity contribution in [1.82, 2.24) is 10.3 Å². The Morgan fingerprint density at radius 1 is 1.17 bits per heavy atom. The lowest BCUT2D eigenvalue weighted by atomic mass is 10.0. The van der Waals surface area contributed by atoms with E-state index in [1.54, 1.807) is 0 Å². The zero-order valence-electron chi connectivity index (χ0n) is 19.8. The van der Waals surface area contributed by atoms with Gasteiger partial charge in [-0.2, -0.15) is 0 Å². The number of rotatable bonds is 13. The van der Waals surface area contributed by atoms with Crippen molar-refractivity contribution in [1.29, 1.82) is 0 Å². The van der Waals surface area contributed by atoms with E-state index < -0.39 is 0 Å². The van der Waals surface area contributed by atoms with Gasteiger partial charge in [-0.05, 0) is 50.3 Å². The number of hydrogen-bond donors (Lipinski definition) is 3. The molecule has 0 radical (unpaired) electrons. The van der Waals surface area contributed by atoms with Crippen molar-refractivity contribution < 1.29 is 0 Å². The minimum absolute atomic E-state index is 0.306. The molecule has 0 aliphatic carbocycles. The molecule has 0 fully saturated rings. The molecule has 1 aromatic heterocycles. The summed E-state index contributed by atoms with van der Waals surface area (Å²) in [6, 6.07) is 6.32. The van der Waals surface area contributed by atoms with Gasteiger partial charge in [-0.3, -0.25) is 4.98 Å². The molecule has 5 heteroatoms. The average Bonchev–Trinajstić information content (AvgIpc) is 2.73. The third-order valence-electron chi connectivity index (χ3n) is 4.62. The highest BCUT2D eigenvalue weighted by atomic mass is 14.9. The van der Waals surface area contributed by atoms with Gasteiger partial charge in [0, 0.05) is 23.6 Å². The molecule has 0 aromatic carbocycles. The molecule has 0 amide bonds. The molecular weight excluding hydrogens is 370 g/mol. The molecule has 1 heterocycles. The van der Waals surface area contributed by atoms with Gasteiger partial charge in [0.15, 0.2) is 0 Å². The zero-order valence-corrected chi connectivity index (χ0v) is 19.8. The SMILES string of the molecule is C=C(N)/N=C\C(CCc1cccc(C(=C)N)n1)=C(/C)N[C@H](CCC)CCCC.CC. The molecule has 0 spiro atoms. The standard InChI is InChI=1S/C23H37N5.C2H6/c1-6-8-11-21(10-7-2)27-18(4)20(16-26-19(5)25)14-15-22-12-9-13-23(28-22)17(3)24;1-2/h9,12-13,16,21,27H,3,5-8,10-11,14-15,24-25H2,1-2,4H3;1-2H3/b20-18+,26-16-;/t21-;/m1./s1. The monoisotopic (exact) mass is 413 g/mol. The molecule has 0 unspecified atom stereocenters. The third kappa shape index (κ3) is 11.4. The second kappa shape index (κ2) is 16.3. The number of nitrogens with zero attached hydrogens (tertiary/aromatic N) is 2. The Hall–Kier alpha value is -2.56. The van der Waals surface area contributed by atoms with E-state index in [1.807, 2.05) is 38.3 Å². The van der Waals surface area contributed by atoms with Gasteiger partial charge in [0.2, 0.25) is 0 Å². The number of aliphatic imine (C=N–C) groups is 1. The van der Waals surface area contributed by atoms with Crippen LogP contribution in [0.15, 0.2) is 53.4 Å². The first kappa shape index (κ1) is 27.4. The molecule has 0 aliphatic rings. The van der Waals surface area contributed by atoms with Gasteiger partial charge in [-0.1, -0.05) is 66.2 Å². The van der Waals surface area contributed by atoms with Gasteiger partial charge < -0.3 is 16.8 Å². The van der Waals surface area contributed by atoms with Crippen LogP contribution in [0.1, 0.15) is 84.5 Å². The summed E-state index contributed by atoms with van der Waals surface area (Å²) in [7, 11) is 0. The van der Waals surface area contributed by atoms with Crippen molar-refractivity contribution in [2.24, 2.45) is 16.5 Å². The normalized spacial score (nSPS) is 12.6. The minimum atomic E-state index is 0.306. The molecule has 168 valence electrons. The van der Waals surface area contributed by atoms with Crippen LogP contribution in [0.3, 0.4) is 0 Å². The fourth-order valence-electron chi connectivity index (χ4n) is 3.06. The van der Waals surface area contributed by atoms with Crippen LogP contribution in [0.25, 0.3) is 5.70 Å². The molecule has 0 bridgehead atoms. The summed E-state index contributed by atoms with van der Waals surface area (Å²) in [5, 5.41) is 3.71. The van der Waals surface area contributed by atoms with E-state index in [1.165, 1.54) is 19.3 Å². The van der Waals surface area contributed by atoms with Crippen LogP contribution in [0, 0.1) is 0 Å². The van der Waals surface area contributed by atoms with Crippen LogP contribution < -0.4 is 16.8 Å². The van der Waals surface area contributed by atoms with Crippen LogP contribution in [0.5, 0.6) is 0 Å². The molecule has 1 aromatic rings. The largest absolute Gasteiger partial charge is 0.397 e. The third-order valence-corrected chi connectivity index (χ3v) is 4.62. The Morgan fingerprint density at radius 2 is 1.87 bits per heavy atom. The molecule has 0 saturated heterocycles. The number of nitrogens with two attached hydrogens (primary N) is 2. The summed E-state index contributed by atoms with van der Waals surface area (Å²) < 4.78 is 0. The highest BCUT2D eigenvalue weighted by Gasteiger charge is 2.10. The smallest absolute Gasteiger partial charge is 0.116 e. The Kier molecular flexibility index (Phi) is 14.9. The Bertz CT molecular complexity index is 703. The quantitative estimate of drug-likeness (QED) is 0.362. The Morgan fingerprint density at radius 3 is 2.43 bits per heavy atom. The van der Waals surface area contributed by atoms with E-state index in [4.69, 9.17) is 11.5 Å². The fourth-order valence-corrected chi connectivity index (χ4v) is 3.06. The predicted octanol–water partition coefficient (Wildman–Crippen LogP) is 5.69. The number of hydrogen-bond acceptors (Lipinski definition) is 5. The first-order chi connectivity index (χ1) is 14.4. The summed E-state index contributed by atoms with van der Waals surface area (Å²) in [6.07, 6.45) is 9.35. The van der Waals surface area contributed by atoms with E-state index in [2.05, 4.69) is 49.2 Å². The molecule has 5 N–H and O–H groups in total. The van der Waals surface area contributed by atoms with Crippen molar-refractivity contribution in [3.05, 3.63) is 59.8 Å². The van der Waals surface area contributed by atoms with Crippen molar-refractivity contribution in [2.45, 2.75) is 85.6 Å². The van der Waals surface area contributed by atoms with Crippen molar-refractivity contribution in [3.63, 3.8) is 0 Å². The summed E-state index contributed by atoms with van der Waals surface area (Å²) in [5.41, 5.74) is 15.9. The number of unbranched alkanes of at least 4 members (excludes halogenated alkanes) is 1. The van der Waals surface area contributed by atoms with Crippen molar-refractivity contribution in [3.8, 4) is 0 Å². The first-order valence-electron chi connectivity index (χ1n) is 11.2. The maximum absolute atomic E-state index is 5.77. The maximum atomic E-state index is 5.77. The first-order valence-corrected chi connectivity index (χ1v) is 11.2. The lowest BCUT2D eigenvalue weighted by Crippen LogP contribution is -2.28. The van der Waals surface area contributed by atoms with Crippen LogP contribution in [-0.2, 0) is 6.42 Å². The summed E-state index contributed by atoms with van der Waals surface area (Å²) in [6.45, 7) is 18.0. The lowest BCUT2D eigenvalue weighted by Gasteiger charge is -2.21. The number of allylic oxidation sites excluding steroid dienone is 2. The molecule has 30 heavy (non-hydrogen) atoms. The summed E-state index contributed by atoms with van der Waals surface area (Å²) in [5.74, 6) is 0.306. The number of pyridine rings is 1. The maximum Gasteiger partial charge on any atom is 0.116 e. The molecule has 5 nitrogen and oxygen atoms in total. The van der Waals surface area contributed by atoms with Crippen LogP contribution in [-0.4, -0.2) is 17.2 Å². The lowest BCUT2D eigenvalue weighted by molar-refractivity contribution is 0.468. The topological polar surface area (TPSA) is 89.3 Å². The minimum Gasteiger partial charge on any atom is -0.397 e. The van der Waals surface area contributed by atoms with Gasteiger partial charge in [-0.25, -0.2) is 4.99 Å². The number of aromatic nitrogens is 1. The predicted molar refractivity (Wildman–Crippen MR) is 133 cm³/mol. The highest BCUT2D eigenvalue weighted by Crippen LogP contribution is 2.15. The van der Waals surface area contributed by atoms with E-state index >= 15 is 0 Å². The van der Waals surface area contributed by atoms with E-state index in [-0.39, 0.29) is 0 Å². The molecule has 0 saturated carbocycles. The van der Waals surface area contributed by atoms with E-state index in [0.29, 0.717) is 17.6 Å². The van der Waals surface area contributed by atoms with Gasteiger partial charge in [0.05, 0.1) is 11.4 Å². The number of aryl methyl sites for hydroxylation is 1.